The summed E-state index contributed by atoms with van der Waals surface area (Å²) in [6, 6.07) is 3.56. The number of halogens is 3. The van der Waals surface area contributed by atoms with Crippen LogP contribution in [0.4, 0.5) is 0 Å². The molecule has 2 heterocycles. The van der Waals surface area contributed by atoms with Crippen LogP contribution in [0.15, 0.2) is 12.1 Å². The number of rotatable bonds is 2. The second-order valence-electron chi connectivity index (χ2n) is 5.17. The first kappa shape index (κ1) is 15.4. The van der Waals surface area contributed by atoms with Gasteiger partial charge in [0, 0.05) is 6.04 Å². The van der Waals surface area contributed by atoms with E-state index in [1.807, 2.05) is 4.57 Å². The van der Waals surface area contributed by atoms with Crippen molar-refractivity contribution < 1.29 is 8.42 Å². The van der Waals surface area contributed by atoms with Gasteiger partial charge in [0.1, 0.15) is 15.7 Å². The molecule has 1 fully saturated rings. The second-order valence-corrected chi connectivity index (χ2v) is 8.55. The van der Waals surface area contributed by atoms with Crippen LogP contribution in [-0.2, 0) is 15.7 Å². The zero-order chi connectivity index (χ0) is 15.2. The van der Waals surface area contributed by atoms with Crippen LogP contribution in [0.3, 0.4) is 0 Å². The van der Waals surface area contributed by atoms with E-state index in [0.29, 0.717) is 28.7 Å². The number of fused-ring (bicyclic) bond motifs is 1. The first-order valence-electron chi connectivity index (χ1n) is 6.53. The molecule has 4 nitrogen and oxygen atoms in total. The summed E-state index contributed by atoms with van der Waals surface area (Å²) < 4.78 is 25.2. The lowest BCUT2D eigenvalue weighted by atomic mass is 10.1. The zero-order valence-corrected chi connectivity index (χ0v) is 14.1. The SMILES string of the molecule is O=S1(=O)CCC(n2c(CCl)nc3cc(Cl)c(Cl)cc32)CC1. The van der Waals surface area contributed by atoms with E-state index in [9.17, 15) is 8.42 Å². The highest BCUT2D eigenvalue weighted by molar-refractivity contribution is 7.91. The van der Waals surface area contributed by atoms with E-state index in [2.05, 4.69) is 4.98 Å². The quantitative estimate of drug-likeness (QED) is 0.758. The fourth-order valence-corrected chi connectivity index (χ4v) is 4.75. The van der Waals surface area contributed by atoms with Gasteiger partial charge in [0.05, 0.1) is 38.5 Å². The molecule has 0 radical (unpaired) electrons. The first-order chi connectivity index (χ1) is 9.91. The third-order valence-electron chi connectivity index (χ3n) is 3.81. The van der Waals surface area contributed by atoms with Crippen LogP contribution < -0.4 is 0 Å². The van der Waals surface area contributed by atoms with Crippen LogP contribution in [0.1, 0.15) is 24.7 Å². The second kappa shape index (κ2) is 5.61. The van der Waals surface area contributed by atoms with Crippen molar-refractivity contribution in [3.8, 4) is 0 Å². The monoisotopic (exact) mass is 366 g/mol. The predicted molar refractivity (Wildman–Crippen MR) is 86.2 cm³/mol. The van der Waals surface area contributed by atoms with Gasteiger partial charge in [0.25, 0.3) is 0 Å². The van der Waals surface area contributed by atoms with Gasteiger partial charge in [-0.3, -0.25) is 0 Å². The van der Waals surface area contributed by atoms with Crippen molar-refractivity contribution in [2.75, 3.05) is 11.5 Å². The predicted octanol–water partition coefficient (Wildman–Crippen LogP) is 3.83. The Labute approximate surface area is 137 Å². The Morgan fingerprint density at radius 1 is 1.19 bits per heavy atom. The molecule has 21 heavy (non-hydrogen) atoms. The highest BCUT2D eigenvalue weighted by atomic mass is 35.5. The van der Waals surface area contributed by atoms with Crippen molar-refractivity contribution in [2.24, 2.45) is 0 Å². The molecule has 3 rings (SSSR count). The Hall–Kier alpha value is -0.490. The average Bonchev–Trinajstić information content (AvgIpc) is 2.77. The van der Waals surface area contributed by atoms with Crippen molar-refractivity contribution in [3.05, 3.63) is 28.0 Å². The molecule has 0 N–H and O–H groups in total. The summed E-state index contributed by atoms with van der Waals surface area (Å²) >= 11 is 18.1. The van der Waals surface area contributed by atoms with Crippen LogP contribution >= 0.6 is 34.8 Å². The van der Waals surface area contributed by atoms with E-state index in [0.717, 1.165) is 11.0 Å². The number of hydrogen-bond donors (Lipinski definition) is 0. The molecule has 114 valence electrons. The van der Waals surface area contributed by atoms with Gasteiger partial charge in [-0.25, -0.2) is 13.4 Å². The molecule has 0 saturated carbocycles. The summed E-state index contributed by atoms with van der Waals surface area (Å²) in [4.78, 5) is 4.48. The molecule has 8 heteroatoms. The maximum absolute atomic E-state index is 11.6. The number of imidazole rings is 1. The number of alkyl halides is 1. The molecule has 0 unspecified atom stereocenters. The Balaban J connectivity index is 2.10. The third kappa shape index (κ3) is 2.89. The highest BCUT2D eigenvalue weighted by Gasteiger charge is 2.27. The fourth-order valence-electron chi connectivity index (χ4n) is 2.78. The lowest BCUT2D eigenvalue weighted by Crippen LogP contribution is -2.26. The molecule has 0 atom stereocenters. The van der Waals surface area contributed by atoms with Crippen molar-refractivity contribution in [1.82, 2.24) is 9.55 Å². The Kier molecular flexibility index (Phi) is 4.12. The van der Waals surface area contributed by atoms with Gasteiger partial charge in [-0.1, -0.05) is 23.2 Å². The van der Waals surface area contributed by atoms with E-state index in [4.69, 9.17) is 34.8 Å². The van der Waals surface area contributed by atoms with Crippen LogP contribution in [0.25, 0.3) is 11.0 Å². The summed E-state index contributed by atoms with van der Waals surface area (Å²) in [5.41, 5.74) is 1.58. The van der Waals surface area contributed by atoms with Crippen molar-refractivity contribution in [1.29, 1.82) is 0 Å². The maximum atomic E-state index is 11.6. The normalized spacial score (nSPS) is 19.2. The molecule has 1 aliphatic rings. The Bertz CT molecular complexity index is 787. The van der Waals surface area contributed by atoms with Gasteiger partial charge in [-0.05, 0) is 25.0 Å². The fraction of sp³-hybridized carbons (Fsp3) is 0.462. The zero-order valence-electron chi connectivity index (χ0n) is 11.0. The Morgan fingerprint density at radius 2 is 1.81 bits per heavy atom. The average molecular weight is 368 g/mol. The van der Waals surface area contributed by atoms with E-state index in [1.165, 1.54) is 0 Å². The van der Waals surface area contributed by atoms with E-state index in [1.54, 1.807) is 12.1 Å². The summed E-state index contributed by atoms with van der Waals surface area (Å²) in [7, 11) is -2.91. The van der Waals surface area contributed by atoms with Gasteiger partial charge in [0.2, 0.25) is 0 Å². The largest absolute Gasteiger partial charge is 0.324 e. The molecule has 0 spiro atoms. The first-order valence-corrected chi connectivity index (χ1v) is 9.65. The minimum absolute atomic E-state index is 0.0736. The van der Waals surface area contributed by atoms with E-state index < -0.39 is 9.84 Å². The van der Waals surface area contributed by atoms with Gasteiger partial charge in [-0.15, -0.1) is 11.6 Å². The van der Waals surface area contributed by atoms with Crippen LogP contribution in [0, 0.1) is 0 Å². The number of benzene rings is 1. The molecule has 0 aliphatic carbocycles. The summed E-state index contributed by atoms with van der Waals surface area (Å²) in [5, 5.41) is 0.899. The molecule has 0 bridgehead atoms. The standard InChI is InChI=1S/C13H13Cl3N2O2S/c14-7-13-17-11-5-9(15)10(16)6-12(11)18(13)8-1-3-21(19,20)4-2-8/h5-6,8H,1-4,7H2. The molecule has 1 aromatic heterocycles. The van der Waals surface area contributed by atoms with Crippen LogP contribution in [0.5, 0.6) is 0 Å². The molecule has 2 aromatic rings. The molecule has 1 aliphatic heterocycles. The number of hydrogen-bond acceptors (Lipinski definition) is 3. The van der Waals surface area contributed by atoms with Gasteiger partial charge in [-0.2, -0.15) is 0 Å². The van der Waals surface area contributed by atoms with Crippen LogP contribution in [0.2, 0.25) is 10.0 Å². The molecule has 1 aromatic carbocycles. The number of aromatic nitrogens is 2. The summed E-state index contributed by atoms with van der Waals surface area (Å²) in [5.74, 6) is 1.36. The number of sulfone groups is 1. The Morgan fingerprint density at radius 3 is 2.43 bits per heavy atom. The molecular weight excluding hydrogens is 355 g/mol. The lowest BCUT2D eigenvalue weighted by molar-refractivity contribution is 0.450. The lowest BCUT2D eigenvalue weighted by Gasteiger charge is -2.25. The van der Waals surface area contributed by atoms with Crippen molar-refractivity contribution in [3.63, 3.8) is 0 Å². The van der Waals surface area contributed by atoms with E-state index >= 15 is 0 Å². The maximum Gasteiger partial charge on any atom is 0.150 e. The smallest absolute Gasteiger partial charge is 0.150 e. The van der Waals surface area contributed by atoms with Gasteiger partial charge >= 0.3 is 0 Å². The molecule has 1 saturated heterocycles. The van der Waals surface area contributed by atoms with Gasteiger partial charge in [0.15, 0.2) is 0 Å². The minimum atomic E-state index is -2.91. The third-order valence-corrected chi connectivity index (χ3v) is 6.49. The topological polar surface area (TPSA) is 52.0 Å². The molecular formula is C13H13Cl3N2O2S. The number of nitrogens with zero attached hydrogens (tertiary/aromatic N) is 2. The van der Waals surface area contributed by atoms with Crippen molar-refractivity contribution in [2.45, 2.75) is 24.8 Å². The van der Waals surface area contributed by atoms with Crippen molar-refractivity contribution >= 4 is 55.7 Å². The van der Waals surface area contributed by atoms with E-state index in [-0.39, 0.29) is 23.4 Å². The van der Waals surface area contributed by atoms with Gasteiger partial charge < -0.3 is 4.57 Å². The minimum Gasteiger partial charge on any atom is -0.324 e. The molecule has 0 amide bonds. The summed E-state index contributed by atoms with van der Waals surface area (Å²) in [6.45, 7) is 0. The summed E-state index contributed by atoms with van der Waals surface area (Å²) in [6.07, 6.45) is 1.13. The highest BCUT2D eigenvalue weighted by Crippen LogP contribution is 2.34. The van der Waals surface area contributed by atoms with Crippen LogP contribution in [-0.4, -0.2) is 29.5 Å².